The molecule has 0 N–H and O–H groups in total. The number of nitrogens with zero attached hydrogens (tertiary/aromatic N) is 1. The summed E-state index contributed by atoms with van der Waals surface area (Å²) in [6.45, 7) is 0. The quantitative estimate of drug-likeness (QED) is 0.490. The molecule has 1 heterocycles. The average molecular weight is 385 g/mol. The molecule has 0 amide bonds. The lowest BCUT2D eigenvalue weighted by Crippen LogP contribution is -1.96. The molecule has 0 unspecified atom stereocenters. The van der Waals surface area contributed by atoms with Gasteiger partial charge in [-0.3, -0.25) is 0 Å². The van der Waals surface area contributed by atoms with E-state index in [1.807, 2.05) is 0 Å². The second-order valence-electron chi connectivity index (χ2n) is 3.52. The molecule has 0 spiro atoms. The van der Waals surface area contributed by atoms with Crippen LogP contribution in [0.25, 0.3) is 0 Å². The number of rotatable bonds is 3. The molecule has 0 aliphatic rings. The molecule has 0 fully saturated rings. The first-order chi connectivity index (χ1) is 9.02. The summed E-state index contributed by atoms with van der Waals surface area (Å²) in [5, 5.41) is 0.682. The van der Waals surface area contributed by atoms with E-state index in [2.05, 4.69) is 20.9 Å². The van der Waals surface area contributed by atoms with E-state index in [9.17, 15) is 4.39 Å². The van der Waals surface area contributed by atoms with E-state index in [-0.39, 0.29) is 22.5 Å². The molecule has 100 valence electrons. The van der Waals surface area contributed by atoms with Gasteiger partial charge in [0.1, 0.15) is 5.75 Å². The minimum atomic E-state index is -0.618. The average Bonchev–Trinajstić information content (AvgIpc) is 2.38. The number of benzene rings is 1. The van der Waals surface area contributed by atoms with E-state index in [0.717, 1.165) is 0 Å². The predicted octanol–water partition coefficient (Wildman–Crippen LogP) is 5.82. The van der Waals surface area contributed by atoms with E-state index in [0.29, 0.717) is 15.1 Å². The Morgan fingerprint density at radius 1 is 1.26 bits per heavy atom. The van der Waals surface area contributed by atoms with E-state index in [4.69, 9.17) is 39.5 Å². The Hall–Kier alpha value is -0.550. The number of alkyl halides is 1. The third kappa shape index (κ3) is 3.31. The highest BCUT2D eigenvalue weighted by molar-refractivity contribution is 9.10. The fraction of sp³-hybridized carbons (Fsp3) is 0.0833. The molecule has 0 saturated carbocycles. The molecular weight excluding hydrogens is 379 g/mol. The normalized spacial score (nSPS) is 10.6. The van der Waals surface area contributed by atoms with Crippen molar-refractivity contribution in [3.8, 4) is 11.6 Å². The zero-order valence-corrected chi connectivity index (χ0v) is 13.1. The SMILES string of the molecule is Fc1c(CCl)ccnc1Oc1cc(Cl)c(Br)cc1Cl. The lowest BCUT2D eigenvalue weighted by Gasteiger charge is -2.10. The summed E-state index contributed by atoms with van der Waals surface area (Å²) in [6, 6.07) is 4.51. The lowest BCUT2D eigenvalue weighted by atomic mass is 10.3. The molecule has 0 atom stereocenters. The smallest absolute Gasteiger partial charge is 0.256 e. The third-order valence-corrected chi connectivity index (χ3v) is 4.04. The van der Waals surface area contributed by atoms with Crippen molar-refractivity contribution in [1.29, 1.82) is 0 Å². The van der Waals surface area contributed by atoms with Crippen molar-refractivity contribution >= 4 is 50.7 Å². The topological polar surface area (TPSA) is 22.1 Å². The van der Waals surface area contributed by atoms with Crippen LogP contribution in [-0.2, 0) is 5.88 Å². The maximum atomic E-state index is 13.9. The fourth-order valence-electron chi connectivity index (χ4n) is 1.32. The summed E-state index contributed by atoms with van der Waals surface area (Å²) < 4.78 is 19.9. The Morgan fingerprint density at radius 3 is 2.68 bits per heavy atom. The molecule has 2 rings (SSSR count). The molecule has 19 heavy (non-hydrogen) atoms. The van der Waals surface area contributed by atoms with Crippen LogP contribution in [0.3, 0.4) is 0 Å². The standard InChI is InChI=1S/C12H6BrCl3FNO/c13-7-3-9(16)10(4-8(7)15)19-12-11(17)6(5-14)1-2-18-12/h1-4H,5H2. The summed E-state index contributed by atoms with van der Waals surface area (Å²) >= 11 is 20.7. The summed E-state index contributed by atoms with van der Waals surface area (Å²) in [6.07, 6.45) is 1.41. The van der Waals surface area contributed by atoms with Gasteiger partial charge in [0, 0.05) is 22.3 Å². The Kier molecular flexibility index (Phi) is 4.90. The first-order valence-electron chi connectivity index (χ1n) is 5.04. The molecule has 1 aromatic heterocycles. The van der Waals surface area contributed by atoms with E-state index in [1.165, 1.54) is 18.3 Å². The van der Waals surface area contributed by atoms with Crippen LogP contribution in [0.5, 0.6) is 11.6 Å². The number of hydrogen-bond donors (Lipinski definition) is 0. The minimum Gasteiger partial charge on any atom is -0.435 e. The Balaban J connectivity index is 2.39. The van der Waals surface area contributed by atoms with Gasteiger partial charge in [0.25, 0.3) is 5.88 Å². The van der Waals surface area contributed by atoms with Gasteiger partial charge in [-0.25, -0.2) is 9.37 Å². The van der Waals surface area contributed by atoms with E-state index < -0.39 is 5.82 Å². The van der Waals surface area contributed by atoms with Gasteiger partial charge in [-0.15, -0.1) is 11.6 Å². The van der Waals surface area contributed by atoms with Crippen molar-refractivity contribution in [3.63, 3.8) is 0 Å². The van der Waals surface area contributed by atoms with Crippen molar-refractivity contribution < 1.29 is 9.13 Å². The molecule has 0 saturated heterocycles. The van der Waals surface area contributed by atoms with Gasteiger partial charge >= 0.3 is 0 Å². The minimum absolute atomic E-state index is 0.0273. The van der Waals surface area contributed by atoms with Crippen molar-refractivity contribution in [2.75, 3.05) is 0 Å². The first kappa shape index (κ1) is 14.9. The van der Waals surface area contributed by atoms with Crippen LogP contribution in [0.15, 0.2) is 28.9 Å². The summed E-state index contributed by atoms with van der Waals surface area (Å²) in [5.74, 6) is -0.571. The Morgan fingerprint density at radius 2 is 2.00 bits per heavy atom. The molecular formula is C12H6BrCl3FNO. The second kappa shape index (κ2) is 6.27. The third-order valence-electron chi connectivity index (χ3n) is 2.26. The molecule has 7 heteroatoms. The summed E-state index contributed by atoms with van der Waals surface area (Å²) in [7, 11) is 0. The number of ether oxygens (including phenoxy) is 1. The summed E-state index contributed by atoms with van der Waals surface area (Å²) in [5.41, 5.74) is 0.297. The van der Waals surface area contributed by atoms with Crippen LogP contribution in [0.1, 0.15) is 5.56 Å². The van der Waals surface area contributed by atoms with Gasteiger partial charge in [0.15, 0.2) is 5.82 Å². The zero-order valence-electron chi connectivity index (χ0n) is 9.26. The number of halogens is 5. The van der Waals surface area contributed by atoms with Gasteiger partial charge < -0.3 is 4.74 Å². The maximum Gasteiger partial charge on any atom is 0.256 e. The largest absolute Gasteiger partial charge is 0.435 e. The lowest BCUT2D eigenvalue weighted by molar-refractivity contribution is 0.420. The van der Waals surface area contributed by atoms with Crippen LogP contribution in [0.2, 0.25) is 10.0 Å². The molecule has 0 aliphatic carbocycles. The van der Waals surface area contributed by atoms with Crippen LogP contribution in [0, 0.1) is 5.82 Å². The van der Waals surface area contributed by atoms with E-state index >= 15 is 0 Å². The predicted molar refractivity (Wildman–Crippen MR) is 78.0 cm³/mol. The van der Waals surface area contributed by atoms with Gasteiger partial charge in [0.05, 0.1) is 15.9 Å². The first-order valence-corrected chi connectivity index (χ1v) is 7.13. The molecule has 2 aromatic rings. The highest BCUT2D eigenvalue weighted by Crippen LogP contribution is 2.36. The van der Waals surface area contributed by atoms with Crippen LogP contribution in [-0.4, -0.2) is 4.98 Å². The highest BCUT2D eigenvalue weighted by atomic mass is 79.9. The van der Waals surface area contributed by atoms with Crippen molar-refractivity contribution in [2.24, 2.45) is 0 Å². The monoisotopic (exact) mass is 383 g/mol. The molecule has 1 aromatic carbocycles. The van der Waals surface area contributed by atoms with E-state index in [1.54, 1.807) is 6.07 Å². The highest BCUT2D eigenvalue weighted by Gasteiger charge is 2.14. The molecule has 0 aliphatic heterocycles. The Bertz CT molecular complexity index is 624. The maximum absolute atomic E-state index is 13.9. The van der Waals surface area contributed by atoms with Crippen molar-refractivity contribution in [2.45, 2.75) is 5.88 Å². The Labute approximate surface area is 132 Å². The van der Waals surface area contributed by atoms with Crippen LogP contribution in [0.4, 0.5) is 4.39 Å². The van der Waals surface area contributed by atoms with Gasteiger partial charge in [-0.1, -0.05) is 23.2 Å². The second-order valence-corrected chi connectivity index (χ2v) is 5.46. The molecule has 0 radical (unpaired) electrons. The van der Waals surface area contributed by atoms with Crippen LogP contribution >= 0.6 is 50.7 Å². The summed E-state index contributed by atoms with van der Waals surface area (Å²) in [4.78, 5) is 3.81. The van der Waals surface area contributed by atoms with Crippen molar-refractivity contribution in [3.05, 3.63) is 50.3 Å². The van der Waals surface area contributed by atoms with Gasteiger partial charge in [-0.05, 0) is 28.1 Å². The zero-order chi connectivity index (χ0) is 14.0. The fourth-order valence-corrected chi connectivity index (χ4v) is 2.36. The van der Waals surface area contributed by atoms with Gasteiger partial charge in [0.2, 0.25) is 0 Å². The molecule has 2 nitrogen and oxygen atoms in total. The number of aromatic nitrogens is 1. The molecule has 0 bridgehead atoms. The van der Waals surface area contributed by atoms with Crippen molar-refractivity contribution in [1.82, 2.24) is 4.98 Å². The van der Waals surface area contributed by atoms with Gasteiger partial charge in [-0.2, -0.15) is 0 Å². The number of pyridine rings is 1. The number of hydrogen-bond acceptors (Lipinski definition) is 2. The van der Waals surface area contributed by atoms with Crippen LogP contribution < -0.4 is 4.74 Å².